The number of nitrogens with zero attached hydrogens (tertiary/aromatic N) is 1. The van der Waals surface area contributed by atoms with Gasteiger partial charge in [-0.05, 0) is 19.3 Å². The van der Waals surface area contributed by atoms with E-state index in [0.29, 0.717) is 19.6 Å². The second-order valence-electron chi connectivity index (χ2n) is 5.70. The fourth-order valence-electron chi connectivity index (χ4n) is 3.39. The first-order chi connectivity index (χ1) is 9.11. The Balaban J connectivity index is 2.10. The summed E-state index contributed by atoms with van der Waals surface area (Å²) >= 11 is 0. The molecule has 0 unspecified atom stereocenters. The van der Waals surface area contributed by atoms with Crippen LogP contribution in [0, 0.1) is 0 Å². The average Bonchev–Trinajstić information content (AvgIpc) is 2.40. The van der Waals surface area contributed by atoms with E-state index in [-0.39, 0.29) is 11.3 Å². The summed E-state index contributed by atoms with van der Waals surface area (Å²) in [6.45, 7) is 2.72. The second kappa shape index (κ2) is 6.52. The van der Waals surface area contributed by atoms with Gasteiger partial charge in [-0.25, -0.2) is 8.42 Å². The lowest BCUT2D eigenvalue weighted by Gasteiger charge is -2.48. The van der Waals surface area contributed by atoms with Crippen LogP contribution in [0.2, 0.25) is 0 Å². The van der Waals surface area contributed by atoms with Crippen molar-refractivity contribution in [3.63, 3.8) is 0 Å². The van der Waals surface area contributed by atoms with Crippen molar-refractivity contribution in [1.29, 1.82) is 0 Å². The Kier molecular flexibility index (Phi) is 5.22. The van der Waals surface area contributed by atoms with Gasteiger partial charge in [0.05, 0.1) is 5.75 Å². The number of hydrogen-bond donors (Lipinski definition) is 1. The number of nitrogens with one attached hydrogen (secondary N) is 1. The van der Waals surface area contributed by atoms with E-state index in [1.165, 1.54) is 6.42 Å². The first kappa shape index (κ1) is 15.2. The van der Waals surface area contributed by atoms with Crippen molar-refractivity contribution in [2.24, 2.45) is 0 Å². The van der Waals surface area contributed by atoms with Crippen molar-refractivity contribution in [2.75, 3.05) is 39.1 Å². The molecule has 6 heteroatoms. The summed E-state index contributed by atoms with van der Waals surface area (Å²) in [7, 11) is -1.54. The van der Waals surface area contributed by atoms with Gasteiger partial charge in [-0.2, -0.15) is 4.31 Å². The maximum Gasteiger partial charge on any atom is 0.214 e. The quantitative estimate of drug-likeness (QED) is 0.766. The zero-order chi connectivity index (χ0) is 13.8. The maximum atomic E-state index is 12.6. The molecule has 112 valence electrons. The average molecular weight is 290 g/mol. The lowest BCUT2D eigenvalue weighted by Crippen LogP contribution is -2.63. The summed E-state index contributed by atoms with van der Waals surface area (Å²) in [5.41, 5.74) is -0.150. The monoisotopic (exact) mass is 290 g/mol. The highest BCUT2D eigenvalue weighted by atomic mass is 32.2. The van der Waals surface area contributed by atoms with Gasteiger partial charge in [0.15, 0.2) is 0 Å². The van der Waals surface area contributed by atoms with Gasteiger partial charge in [-0.15, -0.1) is 0 Å². The van der Waals surface area contributed by atoms with E-state index in [0.717, 1.165) is 38.8 Å². The summed E-state index contributed by atoms with van der Waals surface area (Å²) in [6.07, 6.45) is 6.11. The third-order valence-corrected chi connectivity index (χ3v) is 6.39. The van der Waals surface area contributed by atoms with E-state index in [1.54, 1.807) is 7.11 Å². The van der Waals surface area contributed by atoms with Crippen LogP contribution in [0.15, 0.2) is 0 Å². The second-order valence-corrected chi connectivity index (χ2v) is 7.71. The molecule has 0 aromatic carbocycles. The van der Waals surface area contributed by atoms with E-state index >= 15 is 0 Å². The van der Waals surface area contributed by atoms with Crippen molar-refractivity contribution in [1.82, 2.24) is 9.62 Å². The van der Waals surface area contributed by atoms with Gasteiger partial charge in [0.1, 0.15) is 0 Å². The normalized spacial score (nSPS) is 24.7. The Morgan fingerprint density at radius 2 is 2.00 bits per heavy atom. The predicted octanol–water partition coefficient (Wildman–Crippen LogP) is 0.961. The maximum absolute atomic E-state index is 12.6. The van der Waals surface area contributed by atoms with Crippen LogP contribution in [0.25, 0.3) is 0 Å². The molecule has 2 aliphatic rings. The Bertz CT molecular complexity index is 369. The highest BCUT2D eigenvalue weighted by Gasteiger charge is 2.45. The summed E-state index contributed by atoms with van der Waals surface area (Å²) < 4.78 is 31.9. The third-order valence-electron chi connectivity index (χ3n) is 4.35. The van der Waals surface area contributed by atoms with Gasteiger partial charge >= 0.3 is 0 Å². The van der Waals surface area contributed by atoms with Crippen molar-refractivity contribution in [3.05, 3.63) is 0 Å². The lowest BCUT2D eigenvalue weighted by atomic mass is 9.80. The molecule has 0 bridgehead atoms. The molecule has 0 aromatic rings. The van der Waals surface area contributed by atoms with Crippen LogP contribution in [0.4, 0.5) is 0 Å². The topological polar surface area (TPSA) is 58.6 Å². The van der Waals surface area contributed by atoms with Gasteiger partial charge < -0.3 is 10.1 Å². The molecule has 1 spiro atoms. The van der Waals surface area contributed by atoms with Crippen molar-refractivity contribution in [3.8, 4) is 0 Å². The molecule has 1 N–H and O–H groups in total. The van der Waals surface area contributed by atoms with E-state index in [2.05, 4.69) is 5.32 Å². The first-order valence-corrected chi connectivity index (χ1v) is 8.92. The summed E-state index contributed by atoms with van der Waals surface area (Å²) in [6, 6.07) is 0. The van der Waals surface area contributed by atoms with Crippen molar-refractivity contribution < 1.29 is 13.2 Å². The molecule has 0 aromatic heterocycles. The zero-order valence-electron chi connectivity index (χ0n) is 11.9. The first-order valence-electron chi connectivity index (χ1n) is 7.31. The van der Waals surface area contributed by atoms with Crippen LogP contribution in [0.3, 0.4) is 0 Å². The van der Waals surface area contributed by atoms with Crippen LogP contribution in [0.5, 0.6) is 0 Å². The van der Waals surface area contributed by atoms with Gasteiger partial charge in [0.2, 0.25) is 10.0 Å². The van der Waals surface area contributed by atoms with E-state index in [4.69, 9.17) is 4.74 Å². The molecule has 2 fully saturated rings. The summed E-state index contributed by atoms with van der Waals surface area (Å²) in [5, 5.41) is 3.38. The molecule has 1 heterocycles. The van der Waals surface area contributed by atoms with E-state index in [1.807, 2.05) is 4.31 Å². The molecule has 0 radical (unpaired) electrons. The Labute approximate surface area is 116 Å². The van der Waals surface area contributed by atoms with E-state index in [9.17, 15) is 8.42 Å². The third kappa shape index (κ3) is 3.48. The van der Waals surface area contributed by atoms with Gasteiger partial charge in [0, 0.05) is 38.9 Å². The highest BCUT2D eigenvalue weighted by Crippen LogP contribution is 2.36. The molecule has 2 rings (SSSR count). The molecule has 1 aliphatic carbocycles. The van der Waals surface area contributed by atoms with Crippen LogP contribution < -0.4 is 5.32 Å². The molecule has 1 saturated carbocycles. The lowest BCUT2D eigenvalue weighted by molar-refractivity contribution is 0.101. The summed E-state index contributed by atoms with van der Waals surface area (Å²) in [5.74, 6) is 0.211. The van der Waals surface area contributed by atoms with Gasteiger partial charge in [-0.3, -0.25) is 0 Å². The van der Waals surface area contributed by atoms with Crippen LogP contribution in [-0.4, -0.2) is 57.4 Å². The Morgan fingerprint density at radius 1 is 1.26 bits per heavy atom. The fraction of sp³-hybridized carbons (Fsp3) is 1.00. The molecular weight excluding hydrogens is 264 g/mol. The number of hydrogen-bond acceptors (Lipinski definition) is 4. The standard InChI is InChI=1S/C13H26N2O3S/c1-18-10-5-11-19(16,17)15-9-8-14-12-13(15)6-3-2-4-7-13/h14H,2-12H2,1H3. The van der Waals surface area contributed by atoms with Crippen LogP contribution in [0.1, 0.15) is 38.5 Å². The largest absolute Gasteiger partial charge is 0.385 e. The Morgan fingerprint density at radius 3 is 2.68 bits per heavy atom. The minimum atomic E-state index is -3.15. The smallest absolute Gasteiger partial charge is 0.214 e. The Hall–Kier alpha value is -0.170. The number of piperazine rings is 1. The fourth-order valence-corrected chi connectivity index (χ4v) is 5.30. The number of ether oxygens (including phenoxy) is 1. The zero-order valence-corrected chi connectivity index (χ0v) is 12.7. The highest BCUT2D eigenvalue weighted by molar-refractivity contribution is 7.89. The summed E-state index contributed by atoms with van der Waals surface area (Å²) in [4.78, 5) is 0. The van der Waals surface area contributed by atoms with Crippen LogP contribution in [-0.2, 0) is 14.8 Å². The minimum Gasteiger partial charge on any atom is -0.385 e. The minimum absolute atomic E-state index is 0.150. The van der Waals surface area contributed by atoms with Gasteiger partial charge in [-0.1, -0.05) is 19.3 Å². The van der Waals surface area contributed by atoms with E-state index < -0.39 is 10.0 Å². The van der Waals surface area contributed by atoms with Crippen molar-refractivity contribution >= 4 is 10.0 Å². The SMILES string of the molecule is COCCCS(=O)(=O)N1CCNCC12CCCCC2. The molecule has 0 amide bonds. The van der Waals surface area contributed by atoms with Gasteiger partial charge in [0.25, 0.3) is 0 Å². The van der Waals surface area contributed by atoms with Crippen LogP contribution >= 0.6 is 0 Å². The predicted molar refractivity (Wildman–Crippen MR) is 75.7 cm³/mol. The molecule has 0 atom stereocenters. The number of methoxy groups -OCH3 is 1. The van der Waals surface area contributed by atoms with Crippen molar-refractivity contribution in [2.45, 2.75) is 44.1 Å². The molecule has 1 aliphatic heterocycles. The molecule has 5 nitrogen and oxygen atoms in total. The number of rotatable bonds is 5. The molecule has 1 saturated heterocycles. The molecular formula is C13H26N2O3S. The number of sulfonamides is 1. The molecule has 19 heavy (non-hydrogen) atoms.